The van der Waals surface area contributed by atoms with Crippen LogP contribution in [-0.4, -0.2) is 6.21 Å². The maximum atomic E-state index is 4.25. The minimum Gasteiger partial charge on any atom is -0.261 e. The van der Waals surface area contributed by atoms with Gasteiger partial charge in [0.05, 0.1) is 5.69 Å². The van der Waals surface area contributed by atoms with Crippen LogP contribution in [0.1, 0.15) is 12.5 Å². The number of hydrogen-bond acceptors (Lipinski definition) is 1. The molecule has 0 unspecified atom stereocenters. The normalized spacial score (nSPS) is 10.4. The lowest BCUT2D eigenvalue weighted by Crippen LogP contribution is -1.80. The Labute approximate surface area is 73.5 Å². The Balaban J connectivity index is 2.99. The fraction of sp³-hybridized carbons (Fsp3) is 0.182. The molecule has 0 bridgehead atoms. The number of hydrogen-bond donors (Lipinski definition) is 0. The molecule has 0 saturated heterocycles. The maximum Gasteiger partial charge on any atom is 0.0660 e. The Bertz CT molecular complexity index is 287. The number of aliphatic imine (C=N–C) groups is 1. The number of nitrogens with zero attached hydrogens (tertiary/aromatic N) is 1. The van der Waals surface area contributed by atoms with E-state index in [1.54, 1.807) is 0 Å². The Kier molecular flexibility index (Phi) is 3.27. The molecule has 1 aromatic rings. The highest BCUT2D eigenvalue weighted by atomic mass is 14.7. The highest BCUT2D eigenvalue weighted by Gasteiger charge is 1.95. The highest BCUT2D eigenvalue weighted by Crippen LogP contribution is 2.18. The van der Waals surface area contributed by atoms with Crippen LogP contribution >= 0.6 is 0 Å². The number of benzene rings is 1. The fourth-order valence-corrected chi connectivity index (χ4v) is 1.10. The Morgan fingerprint density at radius 1 is 1.42 bits per heavy atom. The molecule has 1 heteroatoms. The zero-order chi connectivity index (χ0) is 8.81. The lowest BCUT2D eigenvalue weighted by atomic mass is 10.1. The fourth-order valence-electron chi connectivity index (χ4n) is 1.10. The van der Waals surface area contributed by atoms with Crippen molar-refractivity contribution in [1.29, 1.82) is 0 Å². The second-order valence-corrected chi connectivity index (χ2v) is 2.51. The lowest BCUT2D eigenvalue weighted by molar-refractivity contribution is 1.26. The van der Waals surface area contributed by atoms with Crippen molar-refractivity contribution < 1.29 is 0 Å². The Morgan fingerprint density at radius 2 is 2.17 bits per heavy atom. The summed E-state index contributed by atoms with van der Waals surface area (Å²) in [6.45, 7) is 5.63. The topological polar surface area (TPSA) is 12.4 Å². The van der Waals surface area contributed by atoms with Crippen LogP contribution in [-0.2, 0) is 6.42 Å². The van der Waals surface area contributed by atoms with Gasteiger partial charge in [0.1, 0.15) is 0 Å². The molecular formula is C11H13N. The van der Waals surface area contributed by atoms with Crippen molar-refractivity contribution in [3.05, 3.63) is 42.5 Å². The Hall–Kier alpha value is -1.37. The number of para-hydroxylation sites is 1. The molecule has 0 fully saturated rings. The van der Waals surface area contributed by atoms with Crippen LogP contribution in [0.4, 0.5) is 5.69 Å². The summed E-state index contributed by atoms with van der Waals surface area (Å²) in [5.74, 6) is 0. The maximum absolute atomic E-state index is 4.25. The molecule has 0 heterocycles. The SMILES string of the molecule is C=CCc1ccccc1N=CC. The molecule has 0 amide bonds. The minimum absolute atomic E-state index is 0.882. The molecule has 0 N–H and O–H groups in total. The summed E-state index contributed by atoms with van der Waals surface area (Å²) in [7, 11) is 0. The number of rotatable bonds is 3. The van der Waals surface area contributed by atoms with Gasteiger partial charge in [-0.15, -0.1) is 6.58 Å². The summed E-state index contributed by atoms with van der Waals surface area (Å²) in [6.07, 6.45) is 4.58. The van der Waals surface area contributed by atoms with Crippen LogP contribution in [0, 0.1) is 0 Å². The molecule has 12 heavy (non-hydrogen) atoms. The molecule has 62 valence electrons. The van der Waals surface area contributed by atoms with Crippen molar-refractivity contribution in [3.63, 3.8) is 0 Å². The van der Waals surface area contributed by atoms with E-state index in [-0.39, 0.29) is 0 Å². The van der Waals surface area contributed by atoms with Gasteiger partial charge in [0, 0.05) is 6.21 Å². The van der Waals surface area contributed by atoms with Crippen molar-refractivity contribution in [2.24, 2.45) is 4.99 Å². The van der Waals surface area contributed by atoms with Crippen LogP contribution in [0.15, 0.2) is 41.9 Å². The van der Waals surface area contributed by atoms with Crippen LogP contribution in [0.2, 0.25) is 0 Å². The van der Waals surface area contributed by atoms with Crippen molar-refractivity contribution in [3.8, 4) is 0 Å². The third-order valence-electron chi connectivity index (χ3n) is 1.62. The van der Waals surface area contributed by atoms with Gasteiger partial charge in [-0.25, -0.2) is 0 Å². The average molecular weight is 159 g/mol. The van der Waals surface area contributed by atoms with Gasteiger partial charge in [-0.1, -0.05) is 24.3 Å². The molecule has 0 aliphatic carbocycles. The van der Waals surface area contributed by atoms with Gasteiger partial charge in [0.2, 0.25) is 0 Å². The molecule has 1 nitrogen and oxygen atoms in total. The van der Waals surface area contributed by atoms with Crippen molar-refractivity contribution in [2.45, 2.75) is 13.3 Å². The summed E-state index contributed by atoms with van der Waals surface area (Å²) in [5.41, 5.74) is 2.27. The van der Waals surface area contributed by atoms with Gasteiger partial charge < -0.3 is 0 Å². The van der Waals surface area contributed by atoms with Crippen molar-refractivity contribution >= 4 is 11.9 Å². The second kappa shape index (κ2) is 4.50. The van der Waals surface area contributed by atoms with E-state index in [0.29, 0.717) is 0 Å². The molecule has 0 aliphatic rings. The smallest absolute Gasteiger partial charge is 0.0660 e. The first-order chi connectivity index (χ1) is 5.88. The van der Waals surface area contributed by atoms with Crippen LogP contribution < -0.4 is 0 Å². The first-order valence-electron chi connectivity index (χ1n) is 4.06. The van der Waals surface area contributed by atoms with E-state index >= 15 is 0 Å². The third kappa shape index (κ3) is 2.06. The third-order valence-corrected chi connectivity index (χ3v) is 1.62. The van der Waals surface area contributed by atoms with Gasteiger partial charge in [-0.3, -0.25) is 4.99 Å². The van der Waals surface area contributed by atoms with E-state index in [2.05, 4.69) is 17.6 Å². The summed E-state index contributed by atoms with van der Waals surface area (Å²) >= 11 is 0. The van der Waals surface area contributed by atoms with E-state index in [0.717, 1.165) is 12.1 Å². The molecule has 0 aromatic heterocycles. The summed E-state index contributed by atoms with van der Waals surface area (Å²) in [4.78, 5) is 4.25. The molecule has 0 radical (unpaired) electrons. The van der Waals surface area contributed by atoms with Gasteiger partial charge in [-0.05, 0) is 25.0 Å². The standard InChI is InChI=1S/C11H13N/c1-3-7-10-8-5-6-9-11(10)12-4-2/h3-6,8-9H,1,7H2,2H3. The number of allylic oxidation sites excluding steroid dienone is 1. The minimum atomic E-state index is 0.882. The van der Waals surface area contributed by atoms with Crippen molar-refractivity contribution in [2.75, 3.05) is 0 Å². The van der Waals surface area contributed by atoms with E-state index in [1.807, 2.05) is 37.4 Å². The summed E-state index contributed by atoms with van der Waals surface area (Å²) in [5, 5.41) is 0. The van der Waals surface area contributed by atoms with Gasteiger partial charge in [0.25, 0.3) is 0 Å². The molecule has 0 aliphatic heterocycles. The largest absolute Gasteiger partial charge is 0.261 e. The quantitative estimate of drug-likeness (QED) is 0.474. The monoisotopic (exact) mass is 159 g/mol. The van der Waals surface area contributed by atoms with Gasteiger partial charge in [0.15, 0.2) is 0 Å². The van der Waals surface area contributed by atoms with Gasteiger partial charge >= 0.3 is 0 Å². The van der Waals surface area contributed by atoms with E-state index in [1.165, 1.54) is 5.56 Å². The molecular weight excluding hydrogens is 146 g/mol. The molecule has 1 rings (SSSR count). The zero-order valence-electron chi connectivity index (χ0n) is 7.33. The van der Waals surface area contributed by atoms with Crippen molar-refractivity contribution in [1.82, 2.24) is 0 Å². The van der Waals surface area contributed by atoms with Crippen LogP contribution in [0.5, 0.6) is 0 Å². The first kappa shape index (κ1) is 8.72. The predicted octanol–water partition coefficient (Wildman–Crippen LogP) is 3.14. The molecule has 0 spiro atoms. The van der Waals surface area contributed by atoms with Crippen LogP contribution in [0.25, 0.3) is 0 Å². The van der Waals surface area contributed by atoms with E-state index in [9.17, 15) is 0 Å². The first-order valence-corrected chi connectivity index (χ1v) is 4.06. The Morgan fingerprint density at radius 3 is 2.83 bits per heavy atom. The predicted molar refractivity (Wildman–Crippen MR) is 54.2 cm³/mol. The summed E-state index contributed by atoms with van der Waals surface area (Å²) < 4.78 is 0. The zero-order valence-corrected chi connectivity index (χ0v) is 7.33. The van der Waals surface area contributed by atoms with E-state index in [4.69, 9.17) is 0 Å². The average Bonchev–Trinajstić information content (AvgIpc) is 2.09. The molecule has 1 aromatic carbocycles. The molecule has 0 atom stereocenters. The van der Waals surface area contributed by atoms with Gasteiger partial charge in [-0.2, -0.15) is 0 Å². The lowest BCUT2D eigenvalue weighted by Gasteiger charge is -2.00. The molecule has 0 saturated carbocycles. The summed E-state index contributed by atoms with van der Waals surface area (Å²) in [6, 6.07) is 8.10. The second-order valence-electron chi connectivity index (χ2n) is 2.51. The van der Waals surface area contributed by atoms with Crippen LogP contribution in [0.3, 0.4) is 0 Å². The highest BCUT2D eigenvalue weighted by molar-refractivity contribution is 5.62. The van der Waals surface area contributed by atoms with E-state index < -0.39 is 0 Å².